The van der Waals surface area contributed by atoms with Crippen LogP contribution in [0, 0.1) is 11.8 Å². The number of rotatable bonds is 22. The van der Waals surface area contributed by atoms with Crippen LogP contribution in [0.3, 0.4) is 0 Å². The van der Waals surface area contributed by atoms with Gasteiger partial charge in [-0.05, 0) is 85.7 Å². The zero-order valence-electron chi connectivity index (χ0n) is 58.1. The van der Waals surface area contributed by atoms with Crippen LogP contribution in [0.1, 0.15) is 101 Å². The molecule has 34 nitrogen and oxygen atoms in total. The van der Waals surface area contributed by atoms with E-state index in [0.717, 1.165) is 0 Å². The number of hydrogen-bond acceptors (Lipinski definition) is 21. The summed E-state index contributed by atoms with van der Waals surface area (Å²) in [5.74, 6) is -12.8. The van der Waals surface area contributed by atoms with Gasteiger partial charge in [-0.15, -0.1) is 5.10 Å². The molecule has 12 amide bonds. The molecule has 560 valence electrons. The number of primary amides is 2. The van der Waals surface area contributed by atoms with Crippen molar-refractivity contribution in [2.45, 2.75) is 202 Å². The van der Waals surface area contributed by atoms with Gasteiger partial charge < -0.3 is 99.9 Å². The first-order valence-corrected chi connectivity index (χ1v) is 34.3. The van der Waals surface area contributed by atoms with Crippen LogP contribution in [0.4, 0.5) is 0 Å². The molecule has 0 saturated carbocycles. The summed E-state index contributed by atoms with van der Waals surface area (Å²) in [5.41, 5.74) is 18.6. The highest BCUT2D eigenvalue weighted by molar-refractivity contribution is 6.01. The number of phenolic OH excluding ortho intramolecular Hbond substituents is 1. The molecule has 0 unspecified atom stereocenters. The van der Waals surface area contributed by atoms with Gasteiger partial charge in [0, 0.05) is 52.0 Å². The van der Waals surface area contributed by atoms with Crippen molar-refractivity contribution in [1.29, 1.82) is 0 Å². The van der Waals surface area contributed by atoms with Crippen LogP contribution in [0.2, 0.25) is 0 Å². The van der Waals surface area contributed by atoms with Crippen LogP contribution >= 0.6 is 0 Å². The van der Waals surface area contributed by atoms with E-state index in [1.807, 2.05) is 0 Å². The third-order valence-corrected chi connectivity index (χ3v) is 17.8. The summed E-state index contributed by atoms with van der Waals surface area (Å²) in [7, 11) is 1.22. The molecule has 7 rings (SSSR count). The van der Waals surface area contributed by atoms with Crippen molar-refractivity contribution >= 4 is 70.9 Å². The molecule has 34 heteroatoms. The maximum absolute atomic E-state index is 15.3. The highest BCUT2D eigenvalue weighted by atomic mass is 16.7. The number of ether oxygens (including phenoxy) is 2. The Kier molecular flexibility index (Phi) is 29.9. The first-order valence-electron chi connectivity index (χ1n) is 34.3. The third kappa shape index (κ3) is 23.5. The topological polar surface area (TPSA) is 524 Å². The van der Waals surface area contributed by atoms with Crippen LogP contribution in [0.5, 0.6) is 5.75 Å². The van der Waals surface area contributed by atoms with Gasteiger partial charge in [0.2, 0.25) is 70.9 Å². The van der Waals surface area contributed by atoms with Gasteiger partial charge in [-0.2, -0.15) is 0 Å². The number of benzene rings is 3. The predicted octanol–water partition coefficient (Wildman–Crippen LogP) is -4.34. The SMILES string of the molecule is CO[C@H]1O[C@H](Cn2cc(C[C@@H]3NC(=O)[C@@H]4CCCN4C(=O)[C@@H](Cc4ccccc4)NC(=O)[C@H](CC(C)C)NC(=O)[C@H](CCCN)NC(=O)[C@H](C(C)C)NC(=O)[C@H](Cc4ccc(O)cc4)NC(=O)[C@H](CCC(N)=O)NC(=O)[C@H](CC(N)=O)NC(=O)[C@@H](Cc4ccccc4)NC3=O)nn2)[C@@H](O)[C@H](O)[C@H]1O. The van der Waals surface area contributed by atoms with Gasteiger partial charge in [0.25, 0.3) is 0 Å². The summed E-state index contributed by atoms with van der Waals surface area (Å²) >= 11 is 0. The number of carbonyl (C=O) groups is 12. The maximum Gasteiger partial charge on any atom is 0.246 e. The molecule has 0 spiro atoms. The number of aliphatic hydroxyl groups is 3. The van der Waals surface area contributed by atoms with E-state index in [1.54, 1.807) is 88.4 Å². The Morgan fingerprint density at radius 1 is 0.573 bits per heavy atom. The molecule has 3 aliphatic heterocycles. The molecule has 3 aliphatic rings. The number of nitrogens with one attached hydrogen (secondary N) is 9. The Labute approximate surface area is 594 Å². The molecule has 0 radical (unpaired) electrons. The van der Waals surface area contributed by atoms with Crippen LogP contribution in [0.15, 0.2) is 91.1 Å². The van der Waals surface area contributed by atoms with Crippen molar-refractivity contribution in [3.8, 4) is 5.75 Å². The fourth-order valence-electron chi connectivity index (χ4n) is 12.3. The molecule has 0 aliphatic carbocycles. The van der Waals surface area contributed by atoms with Gasteiger partial charge in [0.15, 0.2) is 6.29 Å². The van der Waals surface area contributed by atoms with Crippen LogP contribution in [0.25, 0.3) is 0 Å². The molecular formula is C69H96N16O18. The standard InChI is InChI=1S/C69H96N16O18/c1-36(2)28-45-61(94)80-50(31-39-16-10-7-11-17-39)68(101)85-27-13-19-51(85)66(99)79-48(32-41-34-84(83-82-41)35-52-56(89)57(90)58(91)69(102-5)103-52)63(96)77-46(29-38-14-8-6-9-15-38)62(95)78-49(33-54(72)88)64(97)73-44(24-25-53(71)87)60(93)76-47(30-40-20-22-42(86)23-21-40)65(98)81-55(37(3)4)67(100)74-43(18-12-26-70)59(92)75-45/h6-11,14-17,20-23,34,36-37,43-52,55-58,69,86,89-91H,12-13,18-19,24-33,35,70H2,1-5H3,(H2,71,87)(H2,72,88)(H,73,97)(H,74,100)(H,75,92)(H,76,93)(H,77,96)(H,78,95)(H,79,99)(H,80,94)(H,81,98)/t43-,44-,45-,46+,47-,48-,49-,50+,51-,52+,55-,56+,57-,58+,69-/m0/s1. The number of amides is 12. The van der Waals surface area contributed by atoms with Crippen molar-refractivity contribution in [2.24, 2.45) is 29.0 Å². The minimum Gasteiger partial charge on any atom is -0.508 e. The largest absolute Gasteiger partial charge is 0.508 e. The second-order valence-corrected chi connectivity index (χ2v) is 26.8. The van der Waals surface area contributed by atoms with E-state index in [4.69, 9.17) is 26.7 Å². The van der Waals surface area contributed by atoms with Crippen molar-refractivity contribution in [3.05, 3.63) is 114 Å². The van der Waals surface area contributed by atoms with Gasteiger partial charge in [-0.1, -0.05) is 106 Å². The lowest BCUT2D eigenvalue weighted by atomic mass is 9.99. The summed E-state index contributed by atoms with van der Waals surface area (Å²) in [6.45, 7) is 6.52. The quantitative estimate of drug-likeness (QED) is 0.0354. The van der Waals surface area contributed by atoms with Gasteiger partial charge in [0.05, 0.1) is 18.7 Å². The van der Waals surface area contributed by atoms with Gasteiger partial charge in [-0.3, -0.25) is 57.5 Å². The Bertz CT molecular complexity index is 3590. The number of nitrogens with zero attached hydrogens (tertiary/aromatic N) is 4. The third-order valence-electron chi connectivity index (χ3n) is 17.8. The molecular weight excluding hydrogens is 1340 g/mol. The van der Waals surface area contributed by atoms with E-state index in [9.17, 15) is 63.6 Å². The molecule has 4 aromatic rings. The second-order valence-electron chi connectivity index (χ2n) is 26.8. The van der Waals surface area contributed by atoms with Gasteiger partial charge >= 0.3 is 0 Å². The number of nitrogens with two attached hydrogens (primary N) is 3. The Morgan fingerprint density at radius 2 is 1.06 bits per heavy atom. The summed E-state index contributed by atoms with van der Waals surface area (Å²) < 4.78 is 12.0. The Balaban J connectivity index is 1.33. The highest BCUT2D eigenvalue weighted by Crippen LogP contribution is 2.25. The van der Waals surface area contributed by atoms with E-state index < -0.39 is 194 Å². The van der Waals surface area contributed by atoms with E-state index in [1.165, 1.54) is 47.2 Å². The van der Waals surface area contributed by atoms with Crippen LogP contribution < -0.4 is 65.1 Å². The lowest BCUT2D eigenvalue weighted by Crippen LogP contribution is -2.62. The number of aromatic hydroxyl groups is 1. The number of fused-ring (bicyclic) bond motifs is 1. The number of phenols is 1. The normalized spacial score (nSPS) is 27.2. The first-order chi connectivity index (χ1) is 49.0. The second kappa shape index (κ2) is 38.3. The minimum absolute atomic E-state index is 0.0112. The summed E-state index contributed by atoms with van der Waals surface area (Å²) in [6, 6.07) is 6.71. The average Bonchev–Trinajstić information content (AvgIpc) is 1.81. The minimum atomic E-state index is -1.94. The lowest BCUT2D eigenvalue weighted by Gasteiger charge is -2.39. The molecule has 3 aromatic carbocycles. The number of aromatic nitrogens is 3. The predicted molar refractivity (Wildman–Crippen MR) is 366 cm³/mol. The smallest absolute Gasteiger partial charge is 0.246 e. The van der Waals surface area contributed by atoms with Crippen molar-refractivity contribution in [3.63, 3.8) is 0 Å². The Hall–Kier alpha value is -10.0. The molecule has 3 saturated heterocycles. The summed E-state index contributed by atoms with van der Waals surface area (Å²) in [5, 5.41) is 74.3. The zero-order valence-corrected chi connectivity index (χ0v) is 58.1. The summed E-state index contributed by atoms with van der Waals surface area (Å²) in [6.07, 6.45) is -9.10. The molecule has 0 bridgehead atoms. The number of methoxy groups -OCH3 is 1. The maximum atomic E-state index is 15.3. The fourth-order valence-corrected chi connectivity index (χ4v) is 12.3. The van der Waals surface area contributed by atoms with E-state index in [-0.39, 0.29) is 88.4 Å². The highest BCUT2D eigenvalue weighted by Gasteiger charge is 2.46. The first kappa shape index (κ1) is 80.3. The molecule has 3 fully saturated rings. The Morgan fingerprint density at radius 3 is 1.62 bits per heavy atom. The van der Waals surface area contributed by atoms with Gasteiger partial charge in [-0.25, -0.2) is 4.68 Å². The molecule has 4 heterocycles. The van der Waals surface area contributed by atoms with Crippen molar-refractivity contribution in [2.75, 3.05) is 20.2 Å². The van der Waals surface area contributed by atoms with E-state index in [0.29, 0.717) is 16.7 Å². The molecule has 1 aromatic heterocycles. The van der Waals surface area contributed by atoms with Crippen LogP contribution in [-0.4, -0.2) is 223 Å². The van der Waals surface area contributed by atoms with Gasteiger partial charge in [0.1, 0.15) is 90.6 Å². The van der Waals surface area contributed by atoms with E-state index >= 15 is 14.4 Å². The fraction of sp³-hybridized carbons (Fsp3) is 0.536. The zero-order chi connectivity index (χ0) is 75.2. The van der Waals surface area contributed by atoms with Crippen molar-refractivity contribution < 1.29 is 87.4 Å². The molecule has 103 heavy (non-hydrogen) atoms. The lowest BCUT2D eigenvalue weighted by molar-refractivity contribution is -0.292. The van der Waals surface area contributed by atoms with Crippen molar-refractivity contribution in [1.82, 2.24) is 67.7 Å². The molecule has 15 atom stereocenters. The van der Waals surface area contributed by atoms with E-state index in [2.05, 4.69) is 58.2 Å². The number of hydrogen-bond donors (Lipinski definition) is 16. The summed E-state index contributed by atoms with van der Waals surface area (Å²) in [4.78, 5) is 175. The van der Waals surface area contributed by atoms with Crippen LogP contribution in [-0.2, 0) is 99.2 Å². The average molecular weight is 1440 g/mol. The number of carbonyl (C=O) groups excluding carboxylic acids is 12. The monoisotopic (exact) mass is 1440 g/mol. The molecule has 19 N–H and O–H groups in total. The number of aliphatic hydroxyl groups excluding tert-OH is 3.